The van der Waals surface area contributed by atoms with Crippen LogP contribution in [0, 0.1) is 0 Å². The Hall–Kier alpha value is -0.190. The topological polar surface area (TPSA) is 29.5 Å². The number of ether oxygens (including phenoxy) is 1. The third kappa shape index (κ3) is 2.93. The molecular weight excluding hydrogens is 275 g/mol. The van der Waals surface area contributed by atoms with Crippen molar-refractivity contribution in [2.75, 3.05) is 13.1 Å². The van der Waals surface area contributed by atoms with Gasteiger partial charge in [-0.3, -0.25) is 0 Å². The Morgan fingerprint density at radius 2 is 1.88 bits per heavy atom. The molecule has 7 heteroatoms. The average molecular weight is 288 g/mol. The van der Waals surface area contributed by atoms with E-state index in [0.717, 1.165) is 0 Å². The van der Waals surface area contributed by atoms with Gasteiger partial charge in [-0.05, 0) is 24.9 Å². The summed E-state index contributed by atoms with van der Waals surface area (Å²) >= 11 is 2.85. The predicted octanol–water partition coefficient (Wildman–Crippen LogP) is 1.33. The molecule has 0 atom stereocenters. The largest absolute Gasteiger partial charge is 0.444 e. The van der Waals surface area contributed by atoms with E-state index in [1.165, 1.54) is 4.90 Å². The van der Waals surface area contributed by atoms with Crippen molar-refractivity contribution in [3.05, 3.63) is 0 Å². The van der Waals surface area contributed by atoms with E-state index in [2.05, 4.69) is 15.9 Å². The molecule has 1 heterocycles. The van der Waals surface area contributed by atoms with Crippen LogP contribution in [0.1, 0.15) is 20.8 Å². The van der Waals surface area contributed by atoms with Crippen LogP contribution in [-0.4, -0.2) is 55.2 Å². The van der Waals surface area contributed by atoms with Crippen molar-refractivity contribution in [2.45, 2.75) is 36.2 Å². The zero-order valence-electron chi connectivity index (χ0n) is 9.59. The average Bonchev–Trinajstić information content (AvgIpc) is 1.92. The number of carbonyl (C=O) groups excluding carboxylic acids is 1. The zero-order valence-corrected chi connectivity index (χ0v) is 11.2. The third-order valence-corrected chi connectivity index (χ3v) is 2.93. The minimum absolute atomic E-state index is 0.167. The highest BCUT2D eigenvalue weighted by molar-refractivity contribution is 9.11. The quantitative estimate of drug-likeness (QED) is 0.538. The molecule has 1 saturated heterocycles. The highest BCUT2D eigenvalue weighted by Gasteiger charge is 2.54. The molecule has 1 fully saturated rings. The molecule has 0 saturated carbocycles. The minimum Gasteiger partial charge on any atom is -0.444 e. The Morgan fingerprint density at radius 3 is 2.19 bits per heavy atom. The summed E-state index contributed by atoms with van der Waals surface area (Å²) in [6.45, 7) is 4.90. The smallest absolute Gasteiger partial charge is 0.410 e. The van der Waals surface area contributed by atoms with E-state index in [0.29, 0.717) is 0 Å². The van der Waals surface area contributed by atoms with Crippen molar-refractivity contribution in [3.63, 3.8) is 0 Å². The summed E-state index contributed by atoms with van der Waals surface area (Å²) in [4.78, 5) is 12.7. The Balaban J connectivity index is 2.51. The van der Waals surface area contributed by atoms with Gasteiger partial charge in [0.25, 0.3) is 0 Å². The Kier molecular flexibility index (Phi) is 3.41. The van der Waals surface area contributed by atoms with Crippen LogP contribution in [0.3, 0.4) is 0 Å². The fourth-order valence-corrected chi connectivity index (χ4v) is 1.51. The molecule has 0 aliphatic carbocycles. The minimum atomic E-state index is -1.82. The van der Waals surface area contributed by atoms with Gasteiger partial charge in [-0.2, -0.15) is 0 Å². The van der Waals surface area contributed by atoms with Gasteiger partial charge in [0.1, 0.15) is 11.3 Å². The zero-order chi connectivity index (χ0) is 12.8. The standard InChI is InChI=1S/C9H13B2BrFNO2/c1-7(2,3)16-6(15)14-4-8(13,5-14)9(10,11)12/h4-5H2,1-3H3. The summed E-state index contributed by atoms with van der Waals surface area (Å²) in [5.41, 5.74) is -2.41. The summed E-state index contributed by atoms with van der Waals surface area (Å²) in [5, 5.41) is 0. The number of alkyl halides is 2. The lowest BCUT2D eigenvalue weighted by molar-refractivity contribution is -0.0473. The van der Waals surface area contributed by atoms with Crippen LogP contribution in [0.15, 0.2) is 0 Å². The number of likely N-dealkylation sites (tertiary alicyclic amines) is 1. The second-order valence-corrected chi connectivity index (χ2v) is 6.38. The number of carbonyl (C=O) groups is 1. The summed E-state index contributed by atoms with van der Waals surface area (Å²) in [6, 6.07) is 0. The fourth-order valence-electron chi connectivity index (χ4n) is 1.26. The van der Waals surface area contributed by atoms with Gasteiger partial charge in [0.05, 0.1) is 28.8 Å². The molecule has 1 aliphatic rings. The Bertz CT molecular complexity index is 295. The lowest BCUT2D eigenvalue weighted by Crippen LogP contribution is -2.70. The van der Waals surface area contributed by atoms with Gasteiger partial charge < -0.3 is 9.64 Å². The van der Waals surface area contributed by atoms with Crippen molar-refractivity contribution in [1.29, 1.82) is 0 Å². The molecule has 0 aromatic rings. The number of rotatable bonds is 1. The number of nitrogens with zero attached hydrogens (tertiary/aromatic N) is 1. The van der Waals surface area contributed by atoms with Crippen molar-refractivity contribution in [1.82, 2.24) is 4.90 Å². The number of hydrogen-bond donors (Lipinski definition) is 0. The van der Waals surface area contributed by atoms with Crippen molar-refractivity contribution in [3.8, 4) is 0 Å². The summed E-state index contributed by atoms with van der Waals surface area (Å²) in [5.74, 6) is 0. The SMILES string of the molecule is [B]C([B])(Br)C1(F)CN(C(=O)OC(C)(C)C)C1. The molecule has 16 heavy (non-hydrogen) atoms. The van der Waals surface area contributed by atoms with Gasteiger partial charge in [0.15, 0.2) is 0 Å². The molecule has 0 bridgehead atoms. The van der Waals surface area contributed by atoms with E-state index < -0.39 is 21.5 Å². The Labute approximate surface area is 106 Å². The normalized spacial score (nSPS) is 20.2. The molecule has 0 unspecified atom stereocenters. The lowest BCUT2D eigenvalue weighted by Gasteiger charge is -2.50. The van der Waals surface area contributed by atoms with Gasteiger partial charge in [-0.1, -0.05) is 0 Å². The number of hydrogen-bond acceptors (Lipinski definition) is 2. The van der Waals surface area contributed by atoms with Crippen molar-refractivity contribution < 1.29 is 13.9 Å². The highest BCUT2D eigenvalue weighted by Crippen LogP contribution is 2.38. The van der Waals surface area contributed by atoms with E-state index in [1.807, 2.05) is 0 Å². The lowest BCUT2D eigenvalue weighted by atomic mass is 9.59. The summed E-state index contributed by atoms with van der Waals surface area (Å²) in [6.07, 6.45) is -0.558. The van der Waals surface area contributed by atoms with E-state index in [9.17, 15) is 9.18 Å². The number of halogens is 2. The molecule has 0 aromatic carbocycles. The maximum atomic E-state index is 13.9. The van der Waals surface area contributed by atoms with Crippen molar-refractivity contribution in [2.24, 2.45) is 0 Å². The second-order valence-electron chi connectivity index (χ2n) is 5.07. The van der Waals surface area contributed by atoms with Crippen LogP contribution >= 0.6 is 15.9 Å². The summed E-state index contributed by atoms with van der Waals surface area (Å²) < 4.78 is 17.4. The first-order chi connectivity index (χ1) is 6.95. The van der Waals surface area contributed by atoms with Crippen LogP contribution < -0.4 is 0 Å². The first-order valence-electron chi connectivity index (χ1n) is 4.88. The van der Waals surface area contributed by atoms with Gasteiger partial charge in [-0.15, -0.1) is 15.9 Å². The van der Waals surface area contributed by atoms with Gasteiger partial charge in [-0.25, -0.2) is 9.18 Å². The molecule has 4 radical (unpaired) electrons. The molecular formula is C9H13B2BrFNO2. The third-order valence-electron chi connectivity index (χ3n) is 2.22. The number of amides is 1. The molecule has 0 spiro atoms. The van der Waals surface area contributed by atoms with E-state index in [1.54, 1.807) is 20.8 Å². The van der Waals surface area contributed by atoms with Crippen LogP contribution in [0.2, 0.25) is 0 Å². The highest BCUT2D eigenvalue weighted by atomic mass is 79.9. The molecule has 1 aliphatic heterocycles. The van der Waals surface area contributed by atoms with Crippen LogP contribution in [0.25, 0.3) is 0 Å². The molecule has 0 N–H and O–H groups in total. The van der Waals surface area contributed by atoms with Crippen LogP contribution in [0.4, 0.5) is 9.18 Å². The van der Waals surface area contributed by atoms with Crippen molar-refractivity contribution >= 4 is 37.7 Å². The molecule has 1 rings (SSSR count). The van der Waals surface area contributed by atoms with Gasteiger partial charge >= 0.3 is 6.09 Å². The van der Waals surface area contributed by atoms with Gasteiger partial charge in [0, 0.05) is 0 Å². The molecule has 0 aromatic heterocycles. The first-order valence-corrected chi connectivity index (χ1v) is 5.67. The van der Waals surface area contributed by atoms with E-state index in [4.69, 9.17) is 20.4 Å². The maximum Gasteiger partial charge on any atom is 0.410 e. The van der Waals surface area contributed by atoms with E-state index >= 15 is 0 Å². The molecule has 86 valence electrons. The van der Waals surface area contributed by atoms with Crippen LogP contribution in [0.5, 0.6) is 0 Å². The van der Waals surface area contributed by atoms with E-state index in [-0.39, 0.29) is 13.1 Å². The first kappa shape index (κ1) is 13.9. The summed E-state index contributed by atoms with van der Waals surface area (Å²) in [7, 11) is 10.8. The Morgan fingerprint density at radius 1 is 1.44 bits per heavy atom. The van der Waals surface area contributed by atoms with Crippen LogP contribution in [-0.2, 0) is 4.74 Å². The molecule has 1 amide bonds. The second kappa shape index (κ2) is 3.93. The van der Waals surface area contributed by atoms with Gasteiger partial charge in [0.2, 0.25) is 0 Å². The fraction of sp³-hybridized carbons (Fsp3) is 0.889. The molecule has 3 nitrogen and oxygen atoms in total. The monoisotopic (exact) mass is 287 g/mol. The predicted molar refractivity (Wildman–Crippen MR) is 64.8 cm³/mol. The maximum absolute atomic E-state index is 13.9.